The van der Waals surface area contributed by atoms with Crippen LogP contribution in [0.2, 0.25) is 0 Å². The minimum atomic E-state index is -0.686. The van der Waals surface area contributed by atoms with Gasteiger partial charge in [-0.25, -0.2) is 9.78 Å². The van der Waals surface area contributed by atoms with E-state index in [1.165, 1.54) is 11.3 Å². The van der Waals surface area contributed by atoms with Gasteiger partial charge in [0.15, 0.2) is 5.13 Å². The summed E-state index contributed by atoms with van der Waals surface area (Å²) >= 11 is 1.35. The summed E-state index contributed by atoms with van der Waals surface area (Å²) in [7, 11) is 1.61. The minimum Gasteiger partial charge on any atom is -0.497 e. The maximum absolute atomic E-state index is 12.9. The van der Waals surface area contributed by atoms with Crippen molar-refractivity contribution in [1.82, 2.24) is 4.98 Å². The Kier molecular flexibility index (Phi) is 4.95. The number of carbonyl (C=O) groups is 1. The Bertz CT molecular complexity index is 1530. The molecule has 0 atom stereocenters. The van der Waals surface area contributed by atoms with E-state index in [0.29, 0.717) is 16.1 Å². The second kappa shape index (κ2) is 7.94. The number of thiazole rings is 1. The van der Waals surface area contributed by atoms with Crippen molar-refractivity contribution < 1.29 is 13.9 Å². The van der Waals surface area contributed by atoms with Gasteiger partial charge in [-0.15, -0.1) is 11.3 Å². The first-order valence-electron chi connectivity index (χ1n) is 9.92. The number of benzene rings is 3. The highest BCUT2D eigenvalue weighted by atomic mass is 32.1. The fraction of sp³-hybridized carbons (Fsp3) is 0.0800. The van der Waals surface area contributed by atoms with E-state index in [1.54, 1.807) is 19.2 Å². The molecule has 0 saturated carbocycles. The van der Waals surface area contributed by atoms with E-state index in [4.69, 9.17) is 9.15 Å². The van der Waals surface area contributed by atoms with Crippen molar-refractivity contribution >= 4 is 44.1 Å². The molecule has 0 aliphatic rings. The topological polar surface area (TPSA) is 81.4 Å². The van der Waals surface area contributed by atoms with E-state index in [2.05, 4.69) is 10.3 Å². The number of nitrogens with one attached hydrogen (secondary N) is 1. The van der Waals surface area contributed by atoms with E-state index in [1.807, 2.05) is 61.5 Å². The molecule has 0 radical (unpaired) electrons. The van der Waals surface area contributed by atoms with Crippen LogP contribution in [0.25, 0.3) is 33.0 Å². The molecule has 0 saturated heterocycles. The van der Waals surface area contributed by atoms with Crippen LogP contribution in [0.3, 0.4) is 0 Å². The summed E-state index contributed by atoms with van der Waals surface area (Å²) in [6.07, 6.45) is 0. The molecule has 0 bridgehead atoms. The SMILES string of the molecule is COc1ccc(-c2nc(NC(=O)c3cc4c(ccc5ccccc54)oc3=O)sc2C)cc1. The molecule has 32 heavy (non-hydrogen) atoms. The minimum absolute atomic E-state index is 0.0623. The zero-order chi connectivity index (χ0) is 22.2. The molecule has 2 aromatic heterocycles. The van der Waals surface area contributed by atoms with Crippen molar-refractivity contribution in [2.24, 2.45) is 0 Å². The normalized spacial score (nSPS) is 11.1. The third-order valence-corrected chi connectivity index (χ3v) is 6.15. The Balaban J connectivity index is 1.49. The molecule has 7 heteroatoms. The van der Waals surface area contributed by atoms with Gasteiger partial charge in [0.05, 0.1) is 12.8 Å². The van der Waals surface area contributed by atoms with Crippen LogP contribution in [-0.2, 0) is 0 Å². The number of aryl methyl sites for hydroxylation is 1. The van der Waals surface area contributed by atoms with E-state index >= 15 is 0 Å². The summed E-state index contributed by atoms with van der Waals surface area (Å²) < 4.78 is 10.6. The molecule has 2 heterocycles. The molecule has 5 rings (SSSR count). The summed E-state index contributed by atoms with van der Waals surface area (Å²) in [5.41, 5.74) is 1.38. The first kappa shape index (κ1) is 20.0. The predicted molar refractivity (Wildman–Crippen MR) is 127 cm³/mol. The second-order valence-electron chi connectivity index (χ2n) is 7.25. The van der Waals surface area contributed by atoms with Gasteiger partial charge in [0.1, 0.15) is 16.9 Å². The maximum Gasteiger partial charge on any atom is 0.349 e. The Morgan fingerprint density at radius 1 is 1.03 bits per heavy atom. The van der Waals surface area contributed by atoms with E-state index in [0.717, 1.165) is 32.7 Å². The second-order valence-corrected chi connectivity index (χ2v) is 8.46. The molecule has 3 aromatic carbocycles. The third-order valence-electron chi connectivity index (χ3n) is 5.27. The maximum atomic E-state index is 12.9. The van der Waals surface area contributed by atoms with Gasteiger partial charge in [0.25, 0.3) is 5.91 Å². The highest BCUT2D eigenvalue weighted by molar-refractivity contribution is 7.16. The number of amides is 1. The van der Waals surface area contributed by atoms with E-state index < -0.39 is 11.5 Å². The van der Waals surface area contributed by atoms with Gasteiger partial charge in [-0.1, -0.05) is 30.3 Å². The zero-order valence-electron chi connectivity index (χ0n) is 17.3. The number of aromatic nitrogens is 1. The number of hydrogen-bond donors (Lipinski definition) is 1. The fourth-order valence-corrected chi connectivity index (χ4v) is 4.49. The highest BCUT2D eigenvalue weighted by Crippen LogP contribution is 2.32. The lowest BCUT2D eigenvalue weighted by atomic mass is 10.0. The smallest absolute Gasteiger partial charge is 0.349 e. The number of anilines is 1. The number of fused-ring (bicyclic) bond motifs is 3. The molecule has 6 nitrogen and oxygen atoms in total. The number of methoxy groups -OCH3 is 1. The monoisotopic (exact) mass is 442 g/mol. The molecule has 1 N–H and O–H groups in total. The van der Waals surface area contributed by atoms with Gasteiger partial charge in [-0.3, -0.25) is 10.1 Å². The number of nitrogens with zero attached hydrogens (tertiary/aromatic N) is 1. The Labute approximate surface area is 187 Å². The van der Waals surface area contributed by atoms with Gasteiger partial charge in [0, 0.05) is 15.8 Å². The standard InChI is InChI=1S/C25H18N2O4S/c1-14-22(16-7-10-17(30-2)11-8-16)26-25(32-14)27-23(28)20-13-19-18-6-4-3-5-15(18)9-12-21(19)31-24(20)29/h3-13H,1-2H3,(H,26,27,28). The van der Waals surface area contributed by atoms with Crippen LogP contribution in [0.5, 0.6) is 5.75 Å². The number of rotatable bonds is 4. The van der Waals surface area contributed by atoms with Gasteiger partial charge >= 0.3 is 5.63 Å². The molecule has 0 unspecified atom stereocenters. The molecule has 0 aliphatic heterocycles. The van der Waals surface area contributed by atoms with Crippen molar-refractivity contribution in [2.45, 2.75) is 6.92 Å². The summed E-state index contributed by atoms with van der Waals surface area (Å²) in [4.78, 5) is 30.9. The van der Waals surface area contributed by atoms with Gasteiger partial charge in [-0.2, -0.15) is 0 Å². The molecule has 0 aliphatic carbocycles. The summed E-state index contributed by atoms with van der Waals surface area (Å²) in [5, 5.41) is 5.78. The zero-order valence-corrected chi connectivity index (χ0v) is 18.2. The number of ether oxygens (including phenoxy) is 1. The summed E-state index contributed by atoms with van der Waals surface area (Å²) in [6, 6.07) is 20.5. The Hall–Kier alpha value is -3.97. The molecular formula is C25H18N2O4S. The molecule has 0 spiro atoms. The summed E-state index contributed by atoms with van der Waals surface area (Å²) in [5.74, 6) is 0.203. The largest absolute Gasteiger partial charge is 0.497 e. The molecular weight excluding hydrogens is 424 g/mol. The molecule has 5 aromatic rings. The van der Waals surface area contributed by atoms with Crippen molar-refractivity contribution in [3.8, 4) is 17.0 Å². The van der Waals surface area contributed by atoms with Gasteiger partial charge in [0.2, 0.25) is 0 Å². The first-order chi connectivity index (χ1) is 15.5. The van der Waals surface area contributed by atoms with Crippen LogP contribution in [-0.4, -0.2) is 18.0 Å². The number of carbonyl (C=O) groups excluding carboxylic acids is 1. The van der Waals surface area contributed by atoms with Crippen molar-refractivity contribution in [3.63, 3.8) is 0 Å². The van der Waals surface area contributed by atoms with Crippen LogP contribution < -0.4 is 15.7 Å². The lowest BCUT2D eigenvalue weighted by molar-refractivity contribution is 0.102. The lowest BCUT2D eigenvalue weighted by Gasteiger charge is -2.05. The van der Waals surface area contributed by atoms with Gasteiger partial charge < -0.3 is 9.15 Å². The van der Waals surface area contributed by atoms with Crippen LogP contribution >= 0.6 is 11.3 Å². The van der Waals surface area contributed by atoms with Crippen LogP contribution in [0, 0.1) is 6.92 Å². The third kappa shape index (κ3) is 3.52. The molecule has 1 amide bonds. The Morgan fingerprint density at radius 3 is 2.59 bits per heavy atom. The van der Waals surface area contributed by atoms with Crippen molar-refractivity contribution in [3.05, 3.63) is 87.6 Å². The van der Waals surface area contributed by atoms with Crippen LogP contribution in [0.15, 0.2) is 75.9 Å². The quantitative estimate of drug-likeness (QED) is 0.288. The highest BCUT2D eigenvalue weighted by Gasteiger charge is 2.18. The Morgan fingerprint density at radius 2 is 1.81 bits per heavy atom. The number of hydrogen-bond acceptors (Lipinski definition) is 6. The fourth-order valence-electron chi connectivity index (χ4n) is 3.66. The molecule has 158 valence electrons. The lowest BCUT2D eigenvalue weighted by Crippen LogP contribution is -2.20. The van der Waals surface area contributed by atoms with E-state index in [-0.39, 0.29) is 5.56 Å². The average molecular weight is 442 g/mol. The first-order valence-corrected chi connectivity index (χ1v) is 10.7. The van der Waals surface area contributed by atoms with Crippen molar-refractivity contribution in [2.75, 3.05) is 12.4 Å². The summed E-state index contributed by atoms with van der Waals surface area (Å²) in [6.45, 7) is 1.93. The van der Waals surface area contributed by atoms with E-state index in [9.17, 15) is 9.59 Å². The van der Waals surface area contributed by atoms with Crippen LogP contribution in [0.4, 0.5) is 5.13 Å². The van der Waals surface area contributed by atoms with Crippen LogP contribution in [0.1, 0.15) is 15.2 Å². The predicted octanol–water partition coefficient (Wildman–Crippen LogP) is 5.64. The van der Waals surface area contributed by atoms with Gasteiger partial charge in [-0.05, 0) is 54.1 Å². The van der Waals surface area contributed by atoms with Crippen molar-refractivity contribution in [1.29, 1.82) is 0 Å². The molecule has 0 fully saturated rings. The average Bonchev–Trinajstić information content (AvgIpc) is 3.18.